The van der Waals surface area contributed by atoms with E-state index in [4.69, 9.17) is 22.9 Å². The van der Waals surface area contributed by atoms with E-state index in [-0.39, 0.29) is 54.4 Å². The molecule has 3 fully saturated rings. The van der Waals surface area contributed by atoms with Gasteiger partial charge in [-0.05, 0) is 38.0 Å². The Morgan fingerprint density at radius 3 is 2.53 bits per heavy atom. The van der Waals surface area contributed by atoms with Gasteiger partial charge in [0.05, 0.1) is 12.0 Å². The van der Waals surface area contributed by atoms with E-state index in [0.29, 0.717) is 56.7 Å². The van der Waals surface area contributed by atoms with Gasteiger partial charge in [-0.2, -0.15) is 0 Å². The zero-order valence-electron chi connectivity index (χ0n) is 21.0. The van der Waals surface area contributed by atoms with Crippen molar-refractivity contribution in [3.63, 3.8) is 0 Å². The van der Waals surface area contributed by atoms with Crippen molar-refractivity contribution in [1.82, 2.24) is 20.5 Å². The van der Waals surface area contributed by atoms with Crippen LogP contribution in [0.1, 0.15) is 48.3 Å². The van der Waals surface area contributed by atoms with E-state index in [0.717, 1.165) is 0 Å². The van der Waals surface area contributed by atoms with Gasteiger partial charge in [0.15, 0.2) is 16.9 Å². The number of carbonyl (C=O) groups is 4. The first-order chi connectivity index (χ1) is 18.1. The molecule has 1 saturated heterocycles. The average molecular weight is 547 g/mol. The number of Topliss-reactive ketones (excluding diaryl/α,β-unsaturated/α-hetero) is 1. The average Bonchev–Trinajstić information content (AvgIpc) is 3.58. The summed E-state index contributed by atoms with van der Waals surface area (Å²) < 4.78 is 0. The minimum atomic E-state index is -1.08. The third-order valence-electron chi connectivity index (χ3n) is 7.41. The second-order valence-electron chi connectivity index (χ2n) is 10.0. The number of thiazole rings is 1. The summed E-state index contributed by atoms with van der Waals surface area (Å²) in [6.07, 6.45) is 4.37. The van der Waals surface area contributed by atoms with Crippen LogP contribution in [0.4, 0.5) is 0 Å². The van der Waals surface area contributed by atoms with Gasteiger partial charge in [-0.25, -0.2) is 4.98 Å². The number of nitrogens with one attached hydrogen (secondary N) is 2. The van der Waals surface area contributed by atoms with Crippen LogP contribution in [0.15, 0.2) is 21.6 Å². The molecule has 3 amide bonds. The summed E-state index contributed by atoms with van der Waals surface area (Å²) in [5.41, 5.74) is 19.6. The molecule has 4 atom stereocenters. The summed E-state index contributed by atoms with van der Waals surface area (Å²) in [6, 6.07) is -0.250. The molecule has 2 saturated carbocycles. The molecule has 2 unspecified atom stereocenters. The Kier molecular flexibility index (Phi) is 7.85. The van der Waals surface area contributed by atoms with Crippen molar-refractivity contribution in [2.45, 2.75) is 50.1 Å². The highest BCUT2D eigenvalue weighted by Crippen LogP contribution is 2.54. The minimum Gasteiger partial charge on any atom is -0.370 e. The second kappa shape index (κ2) is 10.9. The van der Waals surface area contributed by atoms with E-state index < -0.39 is 16.9 Å². The van der Waals surface area contributed by atoms with Gasteiger partial charge in [-0.1, -0.05) is 0 Å². The number of nitrogens with two attached hydrogens (primary N) is 4. The Morgan fingerprint density at radius 2 is 1.84 bits per heavy atom. The lowest BCUT2D eigenvalue weighted by Crippen LogP contribution is -2.49. The van der Waals surface area contributed by atoms with Crippen LogP contribution < -0.4 is 33.6 Å². The first-order valence-corrected chi connectivity index (χ1v) is 13.4. The number of hydrogen-bond donors (Lipinski definition) is 6. The Hall–Kier alpha value is -3.75. The molecule has 2 aliphatic carbocycles. The van der Waals surface area contributed by atoms with Gasteiger partial charge in [-0.15, -0.1) is 11.3 Å². The van der Waals surface area contributed by atoms with Crippen LogP contribution in [0.3, 0.4) is 0 Å². The van der Waals surface area contributed by atoms with Crippen molar-refractivity contribution in [1.29, 1.82) is 0 Å². The van der Waals surface area contributed by atoms with Crippen LogP contribution in [0, 0.1) is 11.3 Å². The number of likely N-dealkylation sites (tertiary alicyclic amines) is 1. The number of rotatable bonds is 13. The molecule has 10 N–H and O–H groups in total. The van der Waals surface area contributed by atoms with Gasteiger partial charge in [0.25, 0.3) is 0 Å². The second-order valence-corrected chi connectivity index (χ2v) is 10.9. The lowest BCUT2D eigenvalue weighted by Gasteiger charge is -2.21. The predicted octanol–water partition coefficient (Wildman–Crippen LogP) is -1.97. The molecule has 206 valence electrons. The largest absolute Gasteiger partial charge is 0.370 e. The van der Waals surface area contributed by atoms with Crippen LogP contribution in [0.5, 0.6) is 0 Å². The third kappa shape index (κ3) is 5.87. The van der Waals surface area contributed by atoms with E-state index in [2.05, 4.69) is 25.6 Å². The molecule has 38 heavy (non-hydrogen) atoms. The molecule has 1 aromatic rings. The molecule has 1 aliphatic heterocycles. The first-order valence-electron chi connectivity index (χ1n) is 12.5. The fourth-order valence-electron chi connectivity index (χ4n) is 5.23. The van der Waals surface area contributed by atoms with Crippen molar-refractivity contribution in [2.24, 2.45) is 44.3 Å². The quantitative estimate of drug-likeness (QED) is 0.0695. The number of aromatic nitrogens is 1. The van der Waals surface area contributed by atoms with Crippen molar-refractivity contribution >= 4 is 46.8 Å². The predicted molar refractivity (Wildman–Crippen MR) is 141 cm³/mol. The third-order valence-corrected chi connectivity index (χ3v) is 8.19. The lowest BCUT2D eigenvalue weighted by atomic mass is 10.0. The van der Waals surface area contributed by atoms with E-state index in [1.807, 2.05) is 0 Å². The van der Waals surface area contributed by atoms with Crippen LogP contribution in [0.2, 0.25) is 0 Å². The van der Waals surface area contributed by atoms with Crippen LogP contribution in [-0.4, -0.2) is 83.1 Å². The van der Waals surface area contributed by atoms with Gasteiger partial charge in [-0.3, -0.25) is 29.2 Å². The Morgan fingerprint density at radius 1 is 1.11 bits per heavy atom. The summed E-state index contributed by atoms with van der Waals surface area (Å²) in [4.78, 5) is 65.1. The molecular weight excluding hydrogens is 512 g/mol. The van der Waals surface area contributed by atoms with Gasteiger partial charge >= 0.3 is 0 Å². The molecule has 1 aromatic heterocycles. The zero-order chi connectivity index (χ0) is 27.5. The maximum Gasteiger partial charge on any atom is 0.240 e. The maximum atomic E-state index is 13.2. The summed E-state index contributed by atoms with van der Waals surface area (Å²) in [6.45, 7) is 0.942. The summed E-state index contributed by atoms with van der Waals surface area (Å²) in [5.74, 6) is -1.16. The Bertz CT molecular complexity index is 1150. The Labute approximate surface area is 223 Å². The summed E-state index contributed by atoms with van der Waals surface area (Å²) >= 11 is 1.21. The maximum absolute atomic E-state index is 13.2. The molecule has 14 nitrogen and oxygen atoms in total. The molecule has 3 aliphatic rings. The molecule has 0 radical (unpaired) electrons. The molecule has 2 heterocycles. The standard InChI is InChI=1S/C23H34N10O4S/c24-20(25)29-5-1-2-15(34)31-14-11-22(14)4-8-33(19(22)37)12-16(35)32-23(17(36)18-28-7-9-38-18)10-13(23)3-6-30-21(26)27/h7,9,13-14H,1-6,8,10-12H2,(H,31,34)(H,32,35)(H4,24,25,29)(H4,26,27,30)/t13?,14-,22?,23-/m1/s1. The highest BCUT2D eigenvalue weighted by molar-refractivity contribution is 7.11. The van der Waals surface area contributed by atoms with Crippen LogP contribution >= 0.6 is 11.3 Å². The number of ketones is 1. The van der Waals surface area contributed by atoms with Crippen molar-refractivity contribution < 1.29 is 19.2 Å². The molecular formula is C23H34N10O4S. The Balaban J connectivity index is 1.30. The highest BCUT2D eigenvalue weighted by Gasteiger charge is 2.65. The fraction of sp³-hybridized carbons (Fsp3) is 0.609. The number of guanidine groups is 2. The van der Waals surface area contributed by atoms with E-state index in [1.54, 1.807) is 11.6 Å². The number of aliphatic imine (C=N–C) groups is 2. The number of hydrogen-bond acceptors (Lipinski definition) is 8. The number of carbonyl (C=O) groups excluding carboxylic acids is 4. The monoisotopic (exact) mass is 546 g/mol. The van der Waals surface area contributed by atoms with Crippen molar-refractivity contribution in [3.05, 3.63) is 16.6 Å². The van der Waals surface area contributed by atoms with E-state index >= 15 is 0 Å². The van der Waals surface area contributed by atoms with Gasteiger partial charge in [0.1, 0.15) is 5.54 Å². The summed E-state index contributed by atoms with van der Waals surface area (Å²) in [5, 5.41) is 7.83. The van der Waals surface area contributed by atoms with Gasteiger partial charge in [0, 0.05) is 43.7 Å². The van der Waals surface area contributed by atoms with Crippen LogP contribution in [-0.2, 0) is 14.4 Å². The normalized spacial score (nSPS) is 27.1. The number of nitrogens with zero attached hydrogens (tertiary/aromatic N) is 4. The van der Waals surface area contributed by atoms with Gasteiger partial charge < -0.3 is 38.5 Å². The van der Waals surface area contributed by atoms with E-state index in [1.165, 1.54) is 16.2 Å². The topological polar surface area (TPSA) is 237 Å². The molecule has 0 bridgehead atoms. The molecule has 15 heteroatoms. The number of amides is 3. The smallest absolute Gasteiger partial charge is 0.240 e. The highest BCUT2D eigenvalue weighted by atomic mass is 32.1. The van der Waals surface area contributed by atoms with Crippen molar-refractivity contribution in [3.8, 4) is 0 Å². The molecule has 0 aromatic carbocycles. The zero-order valence-corrected chi connectivity index (χ0v) is 21.8. The molecule has 1 spiro atoms. The molecule has 4 rings (SSSR count). The van der Waals surface area contributed by atoms with Crippen molar-refractivity contribution in [2.75, 3.05) is 26.2 Å². The van der Waals surface area contributed by atoms with Gasteiger partial charge in [0.2, 0.25) is 23.5 Å². The first kappa shape index (κ1) is 27.3. The van der Waals surface area contributed by atoms with E-state index in [9.17, 15) is 19.2 Å². The fourth-order valence-corrected chi connectivity index (χ4v) is 5.90. The minimum absolute atomic E-state index is 0.0196. The summed E-state index contributed by atoms with van der Waals surface area (Å²) in [7, 11) is 0. The lowest BCUT2D eigenvalue weighted by molar-refractivity contribution is -0.136. The van der Waals surface area contributed by atoms with Crippen LogP contribution in [0.25, 0.3) is 0 Å². The SMILES string of the molecule is NC(N)=NCCCC(=O)N[C@@H]1CC12CCN(CC(=O)N[C@]1(C(=O)c3nccs3)CC1CCN=C(N)N)C2=O.